The van der Waals surface area contributed by atoms with Crippen molar-refractivity contribution in [3.05, 3.63) is 63.9 Å². The molecule has 1 N–H and O–H groups in total. The van der Waals surface area contributed by atoms with Crippen LogP contribution in [0.2, 0.25) is 10.2 Å². The number of carbonyl (C=O) groups is 1. The fourth-order valence-electron chi connectivity index (χ4n) is 3.08. The average molecular weight is 335 g/mol. The van der Waals surface area contributed by atoms with Gasteiger partial charge in [-0.2, -0.15) is 0 Å². The van der Waals surface area contributed by atoms with Gasteiger partial charge in [0.2, 0.25) is 0 Å². The molecule has 1 aromatic heterocycles. The Morgan fingerprint density at radius 1 is 1.14 bits per heavy atom. The number of nitrogens with one attached hydrogen (secondary N) is 1. The van der Waals surface area contributed by atoms with E-state index in [9.17, 15) is 4.79 Å². The third kappa shape index (κ3) is 3.11. The van der Waals surface area contributed by atoms with Crippen LogP contribution in [0, 0.1) is 0 Å². The molecule has 1 aromatic carbocycles. The van der Waals surface area contributed by atoms with Gasteiger partial charge < -0.3 is 5.32 Å². The van der Waals surface area contributed by atoms with Crippen LogP contribution < -0.4 is 5.32 Å². The van der Waals surface area contributed by atoms with Crippen molar-refractivity contribution in [3.63, 3.8) is 0 Å². The summed E-state index contributed by atoms with van der Waals surface area (Å²) < 4.78 is 0. The third-order valence-corrected chi connectivity index (χ3v) is 4.79. The maximum atomic E-state index is 12.4. The average Bonchev–Trinajstić information content (AvgIpc) is 2.96. The predicted octanol–water partition coefficient (Wildman–Crippen LogP) is 4.45. The van der Waals surface area contributed by atoms with Crippen LogP contribution in [0.1, 0.15) is 41.1 Å². The number of hydrogen-bond acceptors (Lipinski definition) is 2. The molecule has 1 aliphatic carbocycles. The molecule has 5 heteroatoms. The lowest BCUT2D eigenvalue weighted by atomic mass is 9.94. The van der Waals surface area contributed by atoms with Gasteiger partial charge >= 0.3 is 0 Å². The van der Waals surface area contributed by atoms with Gasteiger partial charge in [0.1, 0.15) is 5.15 Å². The van der Waals surface area contributed by atoms with Gasteiger partial charge in [0.05, 0.1) is 5.56 Å². The Hall–Kier alpha value is -1.58. The molecular formula is C17H16Cl2N2O. The lowest BCUT2D eigenvalue weighted by Crippen LogP contribution is -2.36. The van der Waals surface area contributed by atoms with Crippen LogP contribution in [-0.4, -0.2) is 16.9 Å². The third-order valence-electron chi connectivity index (χ3n) is 4.14. The van der Waals surface area contributed by atoms with E-state index in [2.05, 4.69) is 10.3 Å². The quantitative estimate of drug-likeness (QED) is 0.842. The van der Waals surface area contributed by atoms with E-state index in [1.54, 1.807) is 18.3 Å². The number of pyridine rings is 1. The molecule has 114 valence electrons. The van der Waals surface area contributed by atoms with Crippen LogP contribution in [0.4, 0.5) is 0 Å². The van der Waals surface area contributed by atoms with Gasteiger partial charge in [0.25, 0.3) is 5.91 Å². The van der Waals surface area contributed by atoms with Gasteiger partial charge in [-0.1, -0.05) is 47.8 Å². The number of rotatable bonds is 3. The molecule has 2 atom stereocenters. The molecule has 3 rings (SSSR count). The standard InChI is InChI=1S/C17H16Cl2N2O/c18-14-8-2-1-5-11(14)12-6-3-9-15(12)21-17(22)13-7-4-10-20-16(13)19/h1-2,4-5,7-8,10,12,15H,3,6,9H2,(H,21,22)/t12-,15+/m1/s1. The van der Waals surface area contributed by atoms with Crippen molar-refractivity contribution in [2.75, 3.05) is 0 Å². The normalized spacial score (nSPS) is 20.8. The number of benzene rings is 1. The highest BCUT2D eigenvalue weighted by atomic mass is 35.5. The smallest absolute Gasteiger partial charge is 0.254 e. The minimum Gasteiger partial charge on any atom is -0.349 e. The Morgan fingerprint density at radius 3 is 2.73 bits per heavy atom. The minimum absolute atomic E-state index is 0.0728. The highest BCUT2D eigenvalue weighted by Gasteiger charge is 2.31. The zero-order valence-corrected chi connectivity index (χ0v) is 13.4. The number of amides is 1. The number of hydrogen-bond donors (Lipinski definition) is 1. The molecule has 0 unspecified atom stereocenters. The summed E-state index contributed by atoms with van der Waals surface area (Å²) in [5, 5.41) is 4.08. The Balaban J connectivity index is 1.79. The first kappa shape index (κ1) is 15.3. The molecule has 0 spiro atoms. The van der Waals surface area contributed by atoms with Gasteiger partial charge in [-0.3, -0.25) is 4.79 Å². The van der Waals surface area contributed by atoms with Gasteiger partial charge in [-0.25, -0.2) is 4.98 Å². The lowest BCUT2D eigenvalue weighted by Gasteiger charge is -2.22. The van der Waals surface area contributed by atoms with E-state index in [0.717, 1.165) is 29.8 Å². The summed E-state index contributed by atoms with van der Waals surface area (Å²) >= 11 is 12.3. The van der Waals surface area contributed by atoms with Crippen LogP contribution in [0.5, 0.6) is 0 Å². The largest absolute Gasteiger partial charge is 0.349 e. The summed E-state index contributed by atoms with van der Waals surface area (Å²) in [6.45, 7) is 0. The second kappa shape index (κ2) is 6.67. The Kier molecular flexibility index (Phi) is 4.65. The van der Waals surface area contributed by atoms with Crippen LogP contribution >= 0.6 is 23.2 Å². The molecule has 0 aliphatic heterocycles. The highest BCUT2D eigenvalue weighted by molar-refractivity contribution is 6.32. The molecular weight excluding hydrogens is 319 g/mol. The Bertz CT molecular complexity index is 690. The van der Waals surface area contributed by atoms with Crippen molar-refractivity contribution in [2.24, 2.45) is 0 Å². The zero-order valence-electron chi connectivity index (χ0n) is 11.9. The van der Waals surface area contributed by atoms with Crippen LogP contribution in [0.25, 0.3) is 0 Å². The summed E-state index contributed by atoms with van der Waals surface area (Å²) in [4.78, 5) is 16.4. The molecule has 2 aromatic rings. The van der Waals surface area contributed by atoms with Crippen molar-refractivity contribution in [3.8, 4) is 0 Å². The molecule has 1 aliphatic rings. The second-order valence-corrected chi connectivity index (χ2v) is 6.25. The summed E-state index contributed by atoms with van der Waals surface area (Å²) in [6.07, 6.45) is 4.61. The van der Waals surface area contributed by atoms with Crippen molar-refractivity contribution in [1.29, 1.82) is 0 Å². The first-order valence-electron chi connectivity index (χ1n) is 7.32. The first-order valence-corrected chi connectivity index (χ1v) is 8.08. The number of nitrogens with zero attached hydrogens (tertiary/aromatic N) is 1. The fourth-order valence-corrected chi connectivity index (χ4v) is 3.56. The summed E-state index contributed by atoms with van der Waals surface area (Å²) in [6, 6.07) is 11.3. The minimum atomic E-state index is -0.179. The highest BCUT2D eigenvalue weighted by Crippen LogP contribution is 2.38. The molecule has 3 nitrogen and oxygen atoms in total. The van der Waals surface area contributed by atoms with E-state index in [1.807, 2.05) is 24.3 Å². The van der Waals surface area contributed by atoms with E-state index in [-0.39, 0.29) is 23.0 Å². The van der Waals surface area contributed by atoms with E-state index < -0.39 is 0 Å². The van der Waals surface area contributed by atoms with Gasteiger partial charge in [0, 0.05) is 23.2 Å². The zero-order chi connectivity index (χ0) is 15.5. The van der Waals surface area contributed by atoms with E-state index in [0.29, 0.717) is 5.56 Å². The predicted molar refractivity (Wildman–Crippen MR) is 88.5 cm³/mol. The summed E-state index contributed by atoms with van der Waals surface area (Å²) in [5.74, 6) is 0.0650. The molecule has 0 bridgehead atoms. The first-order chi connectivity index (χ1) is 10.7. The van der Waals surface area contributed by atoms with E-state index in [1.165, 1.54) is 0 Å². The Morgan fingerprint density at radius 2 is 1.95 bits per heavy atom. The SMILES string of the molecule is O=C(N[C@H]1CCC[C@@H]1c1ccccc1Cl)c1cccnc1Cl. The molecule has 1 saturated carbocycles. The molecule has 0 radical (unpaired) electrons. The maximum absolute atomic E-state index is 12.4. The molecule has 1 amide bonds. The number of halogens is 2. The fraction of sp³-hybridized carbons (Fsp3) is 0.294. The maximum Gasteiger partial charge on any atom is 0.254 e. The van der Waals surface area contributed by atoms with Crippen LogP contribution in [-0.2, 0) is 0 Å². The van der Waals surface area contributed by atoms with Crippen molar-refractivity contribution >= 4 is 29.1 Å². The summed E-state index contributed by atoms with van der Waals surface area (Å²) in [5.41, 5.74) is 1.51. The van der Waals surface area contributed by atoms with E-state index in [4.69, 9.17) is 23.2 Å². The Labute approximate surface area is 139 Å². The number of aromatic nitrogens is 1. The molecule has 0 saturated heterocycles. The molecule has 22 heavy (non-hydrogen) atoms. The van der Waals surface area contributed by atoms with Crippen LogP contribution in [0.15, 0.2) is 42.6 Å². The van der Waals surface area contributed by atoms with E-state index >= 15 is 0 Å². The van der Waals surface area contributed by atoms with Crippen molar-refractivity contribution in [2.45, 2.75) is 31.2 Å². The molecule has 1 fully saturated rings. The lowest BCUT2D eigenvalue weighted by molar-refractivity contribution is 0.0934. The van der Waals surface area contributed by atoms with Gasteiger partial charge in [-0.05, 0) is 36.6 Å². The second-order valence-electron chi connectivity index (χ2n) is 5.48. The monoisotopic (exact) mass is 334 g/mol. The topological polar surface area (TPSA) is 42.0 Å². The van der Waals surface area contributed by atoms with Crippen molar-refractivity contribution < 1.29 is 4.79 Å². The summed E-state index contributed by atoms with van der Waals surface area (Å²) in [7, 11) is 0. The van der Waals surface area contributed by atoms with Crippen molar-refractivity contribution in [1.82, 2.24) is 10.3 Å². The van der Waals surface area contributed by atoms with Gasteiger partial charge in [0.15, 0.2) is 0 Å². The van der Waals surface area contributed by atoms with Crippen LogP contribution in [0.3, 0.4) is 0 Å². The number of carbonyl (C=O) groups excluding carboxylic acids is 1. The molecule has 1 heterocycles. The van der Waals surface area contributed by atoms with Gasteiger partial charge in [-0.15, -0.1) is 0 Å².